The molecule has 8 heteroatoms. The van der Waals surface area contributed by atoms with Crippen LogP contribution < -0.4 is 5.32 Å². The molecule has 1 atom stereocenters. The van der Waals surface area contributed by atoms with Gasteiger partial charge in [0.1, 0.15) is 6.04 Å². The van der Waals surface area contributed by atoms with Crippen LogP contribution in [0.15, 0.2) is 24.5 Å². The molecule has 0 aromatic carbocycles. The van der Waals surface area contributed by atoms with Gasteiger partial charge >= 0.3 is 0 Å². The number of hydrogen-bond acceptors (Lipinski definition) is 4. The van der Waals surface area contributed by atoms with Crippen LogP contribution in [0.2, 0.25) is 0 Å². The summed E-state index contributed by atoms with van der Waals surface area (Å²) in [5.74, 6) is -0.321. The Kier molecular flexibility index (Phi) is 6.32. The van der Waals surface area contributed by atoms with E-state index in [4.69, 9.17) is 0 Å². The minimum absolute atomic E-state index is 0.0321. The Hall–Kier alpha value is -2.64. The molecule has 25 heavy (non-hydrogen) atoms. The molecule has 2 rings (SSSR count). The molecular formula is C17H26N6O2. The zero-order valence-corrected chi connectivity index (χ0v) is 15.3. The smallest absolute Gasteiger partial charge is 0.247 e. The fraction of sp³-hybridized carbons (Fsp3) is 0.529. The summed E-state index contributed by atoms with van der Waals surface area (Å²) in [5, 5.41) is 11.3. The summed E-state index contributed by atoms with van der Waals surface area (Å²) in [6, 6.07) is 3.36. The first kappa shape index (κ1) is 18.7. The van der Waals surface area contributed by atoms with Gasteiger partial charge in [-0.1, -0.05) is 0 Å². The van der Waals surface area contributed by atoms with Crippen LogP contribution in [0.4, 0.5) is 0 Å². The predicted octanol–water partition coefficient (Wildman–Crippen LogP) is 0.922. The van der Waals surface area contributed by atoms with Gasteiger partial charge in [0.25, 0.3) is 0 Å². The van der Waals surface area contributed by atoms with Gasteiger partial charge in [0.05, 0.1) is 12.2 Å². The molecule has 1 unspecified atom stereocenters. The number of carbonyl (C=O) groups is 2. The van der Waals surface area contributed by atoms with Crippen molar-refractivity contribution < 1.29 is 9.59 Å². The van der Waals surface area contributed by atoms with Crippen LogP contribution in [0, 0.1) is 13.8 Å². The van der Waals surface area contributed by atoms with Crippen LogP contribution in [0.5, 0.6) is 0 Å². The van der Waals surface area contributed by atoms with E-state index in [9.17, 15) is 9.59 Å². The van der Waals surface area contributed by atoms with Crippen molar-refractivity contribution in [1.29, 1.82) is 0 Å². The third kappa shape index (κ3) is 5.17. The van der Waals surface area contributed by atoms with Gasteiger partial charge in [-0.25, -0.2) is 0 Å². The van der Waals surface area contributed by atoms with Gasteiger partial charge in [-0.05, 0) is 39.3 Å². The molecule has 2 aromatic heterocycles. The Labute approximate surface area is 147 Å². The average molecular weight is 346 g/mol. The monoisotopic (exact) mass is 346 g/mol. The van der Waals surface area contributed by atoms with E-state index in [1.165, 1.54) is 4.90 Å². The van der Waals surface area contributed by atoms with Crippen LogP contribution in [0.25, 0.3) is 0 Å². The number of hydrogen-bond donors (Lipinski definition) is 1. The van der Waals surface area contributed by atoms with Crippen molar-refractivity contribution in [3.8, 4) is 0 Å². The number of rotatable bonds is 8. The van der Waals surface area contributed by atoms with Gasteiger partial charge in [-0.2, -0.15) is 10.2 Å². The second-order valence-corrected chi connectivity index (χ2v) is 6.21. The van der Waals surface area contributed by atoms with E-state index in [0.29, 0.717) is 6.54 Å². The molecular weight excluding hydrogens is 320 g/mol. The van der Waals surface area contributed by atoms with Crippen molar-refractivity contribution in [2.45, 2.75) is 39.8 Å². The molecule has 2 amide bonds. The van der Waals surface area contributed by atoms with E-state index in [1.807, 2.05) is 24.6 Å². The van der Waals surface area contributed by atoms with E-state index >= 15 is 0 Å². The minimum Gasteiger partial charge on any atom is -0.354 e. The molecule has 2 heterocycles. The lowest BCUT2D eigenvalue weighted by molar-refractivity contribution is -0.137. The molecule has 0 saturated carbocycles. The van der Waals surface area contributed by atoms with Crippen molar-refractivity contribution in [2.24, 2.45) is 0 Å². The highest BCUT2D eigenvalue weighted by Gasteiger charge is 2.20. The number of aryl methyl sites for hydroxylation is 3. The molecule has 136 valence electrons. The SMILES string of the molecule is Cc1cc(C)n(CCCNC(=O)CN(C)C(=O)C(C)n2cccn2)n1. The first-order valence-corrected chi connectivity index (χ1v) is 8.40. The normalized spacial score (nSPS) is 12.0. The summed E-state index contributed by atoms with van der Waals surface area (Å²) in [5.41, 5.74) is 2.11. The Balaban J connectivity index is 1.70. The quantitative estimate of drug-likeness (QED) is 0.721. The molecule has 0 radical (unpaired) electrons. The number of aromatic nitrogens is 4. The number of amides is 2. The van der Waals surface area contributed by atoms with Crippen molar-refractivity contribution in [3.63, 3.8) is 0 Å². The molecule has 0 fully saturated rings. The first-order valence-electron chi connectivity index (χ1n) is 8.40. The second kappa shape index (κ2) is 8.46. The number of likely N-dealkylation sites (N-methyl/N-ethyl adjacent to an activating group) is 1. The summed E-state index contributed by atoms with van der Waals surface area (Å²) < 4.78 is 3.51. The zero-order valence-electron chi connectivity index (χ0n) is 15.3. The maximum absolute atomic E-state index is 12.3. The van der Waals surface area contributed by atoms with E-state index in [2.05, 4.69) is 15.5 Å². The Bertz CT molecular complexity index is 707. The van der Waals surface area contributed by atoms with E-state index in [1.54, 1.807) is 37.1 Å². The molecule has 1 N–H and O–H groups in total. The average Bonchev–Trinajstić information content (AvgIpc) is 3.20. The minimum atomic E-state index is -0.432. The molecule has 0 aliphatic rings. The van der Waals surface area contributed by atoms with E-state index < -0.39 is 6.04 Å². The lowest BCUT2D eigenvalue weighted by atomic mass is 10.3. The van der Waals surface area contributed by atoms with E-state index in [-0.39, 0.29) is 18.4 Å². The lowest BCUT2D eigenvalue weighted by Crippen LogP contribution is -2.41. The topological polar surface area (TPSA) is 85.0 Å². The fourth-order valence-corrected chi connectivity index (χ4v) is 2.65. The highest BCUT2D eigenvalue weighted by molar-refractivity contribution is 5.86. The van der Waals surface area contributed by atoms with Crippen LogP contribution in [-0.2, 0) is 16.1 Å². The van der Waals surface area contributed by atoms with Crippen molar-refractivity contribution in [1.82, 2.24) is 29.8 Å². The molecule has 8 nitrogen and oxygen atoms in total. The van der Waals surface area contributed by atoms with Crippen LogP contribution >= 0.6 is 0 Å². The zero-order chi connectivity index (χ0) is 18.4. The largest absolute Gasteiger partial charge is 0.354 e. The van der Waals surface area contributed by atoms with Crippen LogP contribution in [0.1, 0.15) is 30.8 Å². The molecule has 2 aromatic rings. The van der Waals surface area contributed by atoms with Gasteiger partial charge in [-0.15, -0.1) is 0 Å². The summed E-state index contributed by atoms with van der Waals surface area (Å²) in [6.45, 7) is 7.07. The molecule has 0 saturated heterocycles. The third-order valence-electron chi connectivity index (χ3n) is 4.01. The van der Waals surface area contributed by atoms with Gasteiger partial charge in [0, 0.05) is 38.2 Å². The predicted molar refractivity (Wildman–Crippen MR) is 93.9 cm³/mol. The highest BCUT2D eigenvalue weighted by Crippen LogP contribution is 2.07. The maximum Gasteiger partial charge on any atom is 0.247 e. The van der Waals surface area contributed by atoms with Gasteiger partial charge in [0.2, 0.25) is 11.8 Å². The molecule has 0 bridgehead atoms. The van der Waals surface area contributed by atoms with Crippen molar-refractivity contribution >= 4 is 11.8 Å². The van der Waals surface area contributed by atoms with Crippen LogP contribution in [-0.4, -0.2) is 56.4 Å². The highest BCUT2D eigenvalue weighted by atomic mass is 16.2. The van der Waals surface area contributed by atoms with Gasteiger partial charge in [-0.3, -0.25) is 19.0 Å². The van der Waals surface area contributed by atoms with Crippen LogP contribution in [0.3, 0.4) is 0 Å². The first-order chi connectivity index (χ1) is 11.9. The number of carbonyl (C=O) groups excluding carboxylic acids is 2. The number of nitrogens with one attached hydrogen (secondary N) is 1. The summed E-state index contributed by atoms with van der Waals surface area (Å²) >= 11 is 0. The molecule has 0 aliphatic carbocycles. The number of nitrogens with zero attached hydrogens (tertiary/aromatic N) is 5. The summed E-state index contributed by atoms with van der Waals surface area (Å²) in [4.78, 5) is 25.7. The summed E-state index contributed by atoms with van der Waals surface area (Å²) in [7, 11) is 1.62. The Morgan fingerprint density at radius 1 is 1.36 bits per heavy atom. The molecule has 0 aliphatic heterocycles. The van der Waals surface area contributed by atoms with Gasteiger partial charge < -0.3 is 10.2 Å². The standard InChI is InChI=1S/C17H26N6O2/c1-13-11-14(2)22(20-13)9-5-7-18-16(24)12-21(4)17(25)15(3)23-10-6-8-19-23/h6,8,10-11,15H,5,7,9,12H2,1-4H3,(H,18,24). The van der Waals surface area contributed by atoms with Crippen molar-refractivity contribution in [3.05, 3.63) is 35.9 Å². The maximum atomic E-state index is 12.3. The fourth-order valence-electron chi connectivity index (χ4n) is 2.65. The Morgan fingerprint density at radius 3 is 2.72 bits per heavy atom. The lowest BCUT2D eigenvalue weighted by Gasteiger charge is -2.21. The Morgan fingerprint density at radius 2 is 2.12 bits per heavy atom. The summed E-state index contributed by atoms with van der Waals surface area (Å²) in [6.07, 6.45) is 4.14. The van der Waals surface area contributed by atoms with Gasteiger partial charge in [0.15, 0.2) is 0 Å². The molecule has 0 spiro atoms. The van der Waals surface area contributed by atoms with E-state index in [0.717, 1.165) is 24.4 Å². The third-order valence-corrected chi connectivity index (χ3v) is 4.01. The second-order valence-electron chi connectivity index (χ2n) is 6.21. The van der Waals surface area contributed by atoms with Crippen molar-refractivity contribution in [2.75, 3.05) is 20.1 Å².